The van der Waals surface area contributed by atoms with Crippen molar-refractivity contribution < 1.29 is 9.18 Å². The average molecular weight is 276 g/mol. The Bertz CT molecular complexity index is 435. The molecule has 1 aromatic rings. The van der Waals surface area contributed by atoms with Gasteiger partial charge < -0.3 is 5.32 Å². The number of hydrogen-bond donors (Lipinski definition) is 1. The van der Waals surface area contributed by atoms with Gasteiger partial charge in [-0.3, -0.25) is 4.79 Å². The van der Waals surface area contributed by atoms with Crippen LogP contribution in [0.1, 0.15) is 23.2 Å². The second kappa shape index (κ2) is 5.23. The molecule has 0 aromatic heterocycles. The molecule has 1 amide bonds. The summed E-state index contributed by atoms with van der Waals surface area (Å²) in [6.07, 6.45) is 2.26. The van der Waals surface area contributed by atoms with E-state index in [1.807, 2.05) is 0 Å². The zero-order chi connectivity index (χ0) is 12.4. The molecule has 0 spiro atoms. The average Bonchev–Trinajstić information content (AvgIpc) is 3.13. The van der Waals surface area contributed by atoms with Gasteiger partial charge in [0, 0.05) is 12.1 Å². The van der Waals surface area contributed by atoms with Gasteiger partial charge in [0.1, 0.15) is 5.82 Å². The van der Waals surface area contributed by atoms with Crippen molar-refractivity contribution in [2.24, 2.45) is 5.92 Å². The molecule has 1 N–H and O–H groups in total. The Morgan fingerprint density at radius 1 is 1.53 bits per heavy atom. The second-order valence-corrected chi connectivity index (χ2v) is 5.16. The van der Waals surface area contributed by atoms with Gasteiger partial charge in [-0.1, -0.05) is 11.6 Å². The van der Waals surface area contributed by atoms with E-state index in [4.69, 9.17) is 23.2 Å². The molecule has 0 radical (unpaired) electrons. The van der Waals surface area contributed by atoms with Crippen LogP contribution in [-0.2, 0) is 0 Å². The van der Waals surface area contributed by atoms with E-state index in [0.29, 0.717) is 18.0 Å². The maximum atomic E-state index is 12.9. The number of hydrogen-bond acceptors (Lipinski definition) is 1. The van der Waals surface area contributed by atoms with E-state index >= 15 is 0 Å². The highest BCUT2D eigenvalue weighted by atomic mass is 35.5. The fourth-order valence-corrected chi connectivity index (χ4v) is 2.06. The highest BCUT2D eigenvalue weighted by Crippen LogP contribution is 2.35. The number of carbonyl (C=O) groups is 1. The second-order valence-electron chi connectivity index (χ2n) is 4.19. The molecule has 0 saturated heterocycles. The SMILES string of the molecule is O=C(NCC(Cl)C1CC1)c1ccc(F)c(Cl)c1. The molecular weight excluding hydrogens is 264 g/mol. The minimum Gasteiger partial charge on any atom is -0.351 e. The van der Waals surface area contributed by atoms with Crippen molar-refractivity contribution in [3.63, 3.8) is 0 Å². The normalized spacial score (nSPS) is 16.6. The van der Waals surface area contributed by atoms with Crippen LogP contribution in [0.3, 0.4) is 0 Å². The molecule has 1 aliphatic carbocycles. The number of benzene rings is 1. The van der Waals surface area contributed by atoms with E-state index in [2.05, 4.69) is 5.32 Å². The first-order chi connectivity index (χ1) is 8.08. The Morgan fingerprint density at radius 3 is 2.82 bits per heavy atom. The fraction of sp³-hybridized carbons (Fsp3) is 0.417. The summed E-state index contributed by atoms with van der Waals surface area (Å²) in [7, 11) is 0. The van der Waals surface area contributed by atoms with E-state index in [0.717, 1.165) is 12.8 Å². The highest BCUT2D eigenvalue weighted by Gasteiger charge is 2.29. The van der Waals surface area contributed by atoms with Crippen molar-refractivity contribution in [2.75, 3.05) is 6.54 Å². The number of halogens is 3. The lowest BCUT2D eigenvalue weighted by atomic mass is 10.2. The molecule has 0 bridgehead atoms. The third-order valence-electron chi connectivity index (χ3n) is 2.77. The van der Waals surface area contributed by atoms with Gasteiger partial charge in [-0.15, -0.1) is 11.6 Å². The van der Waals surface area contributed by atoms with Crippen LogP contribution in [0.4, 0.5) is 4.39 Å². The standard InChI is InChI=1S/C12H12Cl2FNO/c13-9-5-8(3-4-11(9)15)12(17)16-6-10(14)7-1-2-7/h3-5,7,10H,1-2,6H2,(H,16,17). The Labute approximate surface area is 109 Å². The van der Waals surface area contributed by atoms with E-state index in [-0.39, 0.29) is 16.3 Å². The third kappa shape index (κ3) is 3.33. The summed E-state index contributed by atoms with van der Waals surface area (Å²) in [5.74, 6) is -0.289. The molecule has 1 fully saturated rings. The summed E-state index contributed by atoms with van der Waals surface area (Å²) >= 11 is 11.7. The smallest absolute Gasteiger partial charge is 0.251 e. The summed E-state index contributed by atoms with van der Waals surface area (Å²) in [5, 5.41) is 2.64. The molecular formula is C12H12Cl2FNO. The van der Waals surface area contributed by atoms with Crippen LogP contribution in [0, 0.1) is 11.7 Å². The number of carbonyl (C=O) groups excluding carboxylic acids is 1. The lowest BCUT2D eigenvalue weighted by Gasteiger charge is -2.09. The quantitative estimate of drug-likeness (QED) is 0.840. The monoisotopic (exact) mass is 275 g/mol. The minimum absolute atomic E-state index is 0.0186. The first-order valence-corrected chi connectivity index (χ1v) is 6.26. The van der Waals surface area contributed by atoms with Crippen LogP contribution in [-0.4, -0.2) is 17.8 Å². The maximum Gasteiger partial charge on any atom is 0.251 e. The minimum atomic E-state index is -0.531. The molecule has 1 aliphatic rings. The fourth-order valence-electron chi connectivity index (χ4n) is 1.55. The van der Waals surface area contributed by atoms with Crippen molar-refractivity contribution in [1.82, 2.24) is 5.32 Å². The molecule has 2 rings (SSSR count). The Hall–Kier alpha value is -0.800. The van der Waals surface area contributed by atoms with Gasteiger partial charge in [0.25, 0.3) is 5.91 Å². The molecule has 1 aromatic carbocycles. The molecule has 0 heterocycles. The predicted octanol–water partition coefficient (Wildman–Crippen LogP) is 3.23. The number of alkyl halides is 1. The van der Waals surface area contributed by atoms with E-state index in [1.54, 1.807) is 0 Å². The Balaban J connectivity index is 1.92. The Morgan fingerprint density at radius 2 is 2.24 bits per heavy atom. The van der Waals surface area contributed by atoms with Gasteiger partial charge in [0.15, 0.2) is 0 Å². The third-order valence-corrected chi connectivity index (χ3v) is 3.57. The molecule has 17 heavy (non-hydrogen) atoms. The topological polar surface area (TPSA) is 29.1 Å². The molecule has 5 heteroatoms. The Kier molecular flexibility index (Phi) is 3.89. The van der Waals surface area contributed by atoms with Crippen LogP contribution in [0.2, 0.25) is 5.02 Å². The maximum absolute atomic E-state index is 12.9. The van der Waals surface area contributed by atoms with E-state index in [9.17, 15) is 9.18 Å². The zero-order valence-corrected chi connectivity index (χ0v) is 10.6. The molecule has 1 saturated carbocycles. The van der Waals surface area contributed by atoms with Crippen LogP contribution in [0.5, 0.6) is 0 Å². The molecule has 1 atom stereocenters. The number of nitrogens with one attached hydrogen (secondary N) is 1. The summed E-state index contributed by atoms with van der Waals surface area (Å²) < 4.78 is 12.9. The van der Waals surface area contributed by atoms with E-state index in [1.165, 1.54) is 18.2 Å². The van der Waals surface area contributed by atoms with Gasteiger partial charge in [-0.25, -0.2) is 4.39 Å². The van der Waals surface area contributed by atoms with Crippen molar-refractivity contribution in [1.29, 1.82) is 0 Å². The summed E-state index contributed by atoms with van der Waals surface area (Å²) in [6.45, 7) is 0.431. The van der Waals surface area contributed by atoms with Gasteiger partial charge >= 0.3 is 0 Å². The first-order valence-electron chi connectivity index (χ1n) is 5.45. The first kappa shape index (κ1) is 12.7. The van der Waals surface area contributed by atoms with Crippen LogP contribution >= 0.6 is 23.2 Å². The predicted molar refractivity (Wildman–Crippen MR) is 66.1 cm³/mol. The lowest BCUT2D eigenvalue weighted by Crippen LogP contribution is -2.30. The van der Waals surface area contributed by atoms with Gasteiger partial charge in [-0.05, 0) is 37.0 Å². The van der Waals surface area contributed by atoms with Crippen molar-refractivity contribution >= 4 is 29.1 Å². The number of amides is 1. The van der Waals surface area contributed by atoms with Gasteiger partial charge in [0.05, 0.1) is 10.4 Å². The van der Waals surface area contributed by atoms with Crippen LogP contribution < -0.4 is 5.32 Å². The number of rotatable bonds is 4. The van der Waals surface area contributed by atoms with Crippen LogP contribution in [0.15, 0.2) is 18.2 Å². The van der Waals surface area contributed by atoms with Crippen molar-refractivity contribution in [2.45, 2.75) is 18.2 Å². The molecule has 92 valence electrons. The van der Waals surface area contributed by atoms with Crippen molar-refractivity contribution in [3.05, 3.63) is 34.6 Å². The lowest BCUT2D eigenvalue weighted by molar-refractivity contribution is 0.0953. The van der Waals surface area contributed by atoms with Crippen LogP contribution in [0.25, 0.3) is 0 Å². The molecule has 0 aliphatic heterocycles. The summed E-state index contributed by atoms with van der Waals surface area (Å²) in [4.78, 5) is 11.7. The summed E-state index contributed by atoms with van der Waals surface area (Å²) in [5.41, 5.74) is 0.344. The van der Waals surface area contributed by atoms with Crippen molar-refractivity contribution in [3.8, 4) is 0 Å². The van der Waals surface area contributed by atoms with Gasteiger partial charge in [0.2, 0.25) is 0 Å². The van der Waals surface area contributed by atoms with E-state index < -0.39 is 5.82 Å². The zero-order valence-electron chi connectivity index (χ0n) is 9.05. The molecule has 2 nitrogen and oxygen atoms in total. The largest absolute Gasteiger partial charge is 0.351 e. The highest BCUT2D eigenvalue weighted by molar-refractivity contribution is 6.31. The molecule has 1 unspecified atom stereocenters. The van der Waals surface area contributed by atoms with Gasteiger partial charge in [-0.2, -0.15) is 0 Å². The summed E-state index contributed by atoms with van der Waals surface area (Å²) in [6, 6.07) is 3.89.